The first-order valence-corrected chi connectivity index (χ1v) is 11.2. The minimum absolute atomic E-state index is 0.117. The molecule has 2 unspecified atom stereocenters. The molecule has 2 aliphatic heterocycles. The zero-order valence-corrected chi connectivity index (χ0v) is 18.7. The molecule has 1 saturated heterocycles. The average molecular weight is 459 g/mol. The predicted molar refractivity (Wildman–Crippen MR) is 123 cm³/mol. The molecule has 0 spiro atoms. The van der Waals surface area contributed by atoms with Gasteiger partial charge in [-0.1, -0.05) is 6.08 Å². The van der Waals surface area contributed by atoms with E-state index < -0.39 is 11.7 Å². The van der Waals surface area contributed by atoms with Gasteiger partial charge in [-0.3, -0.25) is 4.79 Å². The van der Waals surface area contributed by atoms with Gasteiger partial charge in [0.1, 0.15) is 5.82 Å². The molecule has 2 atom stereocenters. The molecule has 172 valence electrons. The number of carbonyl (C=O) groups excluding carboxylic acids is 1. The summed E-state index contributed by atoms with van der Waals surface area (Å²) in [6.07, 6.45) is 9.21. The van der Waals surface area contributed by atoms with Gasteiger partial charge in [0.25, 0.3) is 11.7 Å². The van der Waals surface area contributed by atoms with E-state index in [1.807, 2.05) is 6.20 Å². The lowest BCUT2D eigenvalue weighted by Crippen LogP contribution is -2.32. The van der Waals surface area contributed by atoms with Crippen molar-refractivity contribution >= 4 is 22.9 Å². The summed E-state index contributed by atoms with van der Waals surface area (Å²) < 4.78 is 21.6. The van der Waals surface area contributed by atoms with Crippen molar-refractivity contribution in [2.75, 3.05) is 5.32 Å². The second kappa shape index (κ2) is 7.84. The van der Waals surface area contributed by atoms with Crippen LogP contribution in [0.5, 0.6) is 0 Å². The Morgan fingerprint density at radius 3 is 2.94 bits per heavy atom. The van der Waals surface area contributed by atoms with Gasteiger partial charge in [-0.25, -0.2) is 18.9 Å². The van der Waals surface area contributed by atoms with Gasteiger partial charge in [-0.05, 0) is 50.0 Å². The van der Waals surface area contributed by atoms with Crippen LogP contribution in [0.4, 0.5) is 10.1 Å². The highest BCUT2D eigenvalue weighted by molar-refractivity contribution is 6.03. The van der Waals surface area contributed by atoms with Crippen LogP contribution in [-0.2, 0) is 0 Å². The Labute approximate surface area is 194 Å². The highest BCUT2D eigenvalue weighted by atomic mass is 19.1. The summed E-state index contributed by atoms with van der Waals surface area (Å²) in [6.45, 7) is 3.36. The number of carbonyl (C=O) groups is 1. The van der Waals surface area contributed by atoms with Gasteiger partial charge >= 0.3 is 0 Å². The van der Waals surface area contributed by atoms with Crippen LogP contribution >= 0.6 is 0 Å². The largest absolute Gasteiger partial charge is 0.436 e. The maximum absolute atomic E-state index is 14.7. The summed E-state index contributed by atoms with van der Waals surface area (Å²) >= 11 is 0. The topological polar surface area (TPSA) is 110 Å². The number of oxazole rings is 1. The first kappa shape index (κ1) is 20.7. The van der Waals surface area contributed by atoms with Gasteiger partial charge in [0, 0.05) is 42.7 Å². The van der Waals surface area contributed by atoms with Crippen LogP contribution in [0.1, 0.15) is 47.0 Å². The number of amides is 1. The molecule has 2 aliphatic rings. The Bertz CT molecular complexity index is 1470. The minimum atomic E-state index is -0.501. The third-order valence-corrected chi connectivity index (χ3v) is 6.28. The van der Waals surface area contributed by atoms with E-state index in [-0.39, 0.29) is 17.1 Å². The standard InChI is InChI=1S/C24H22FN7O2/c1-12-21(34-13(2)27-12)23(33)29-18-5-6-20(25)19(9-18)22-30-24-26-10-15(11-32(24)31-22)14-7-16-3-4-17(8-14)28-16/h5-7,9-11,16-17,28H,3-4,8H2,1-2H3,(H,29,33). The lowest BCUT2D eigenvalue weighted by Gasteiger charge is -2.21. The molecule has 1 amide bonds. The van der Waals surface area contributed by atoms with Crippen LogP contribution < -0.4 is 10.6 Å². The Morgan fingerprint density at radius 2 is 2.15 bits per heavy atom. The molecule has 3 aromatic heterocycles. The highest BCUT2D eigenvalue weighted by Crippen LogP contribution is 2.32. The van der Waals surface area contributed by atoms with Gasteiger partial charge in [0.2, 0.25) is 5.76 Å². The molecule has 2 N–H and O–H groups in total. The Kier molecular flexibility index (Phi) is 4.77. The van der Waals surface area contributed by atoms with Crippen molar-refractivity contribution in [3.05, 3.63) is 65.4 Å². The third kappa shape index (κ3) is 3.65. The molecule has 1 fully saturated rings. The number of halogens is 1. The number of nitrogens with one attached hydrogen (secondary N) is 2. The number of hydrogen-bond acceptors (Lipinski definition) is 7. The number of fused-ring (bicyclic) bond motifs is 3. The van der Waals surface area contributed by atoms with E-state index in [4.69, 9.17) is 4.42 Å². The van der Waals surface area contributed by atoms with Crippen molar-refractivity contribution in [1.29, 1.82) is 0 Å². The molecular weight excluding hydrogens is 437 g/mol. The molecule has 9 nitrogen and oxygen atoms in total. The van der Waals surface area contributed by atoms with E-state index in [2.05, 4.69) is 36.8 Å². The van der Waals surface area contributed by atoms with Crippen LogP contribution in [0.25, 0.3) is 22.7 Å². The Balaban J connectivity index is 1.30. The Morgan fingerprint density at radius 1 is 1.26 bits per heavy atom. The van der Waals surface area contributed by atoms with Crippen LogP contribution in [0.3, 0.4) is 0 Å². The predicted octanol–water partition coefficient (Wildman–Crippen LogP) is 3.70. The molecule has 5 heterocycles. The number of rotatable bonds is 4. The van der Waals surface area contributed by atoms with Crippen LogP contribution in [0, 0.1) is 19.7 Å². The fourth-order valence-electron chi connectivity index (χ4n) is 4.70. The minimum Gasteiger partial charge on any atom is -0.436 e. The maximum Gasteiger partial charge on any atom is 0.293 e. The third-order valence-electron chi connectivity index (χ3n) is 6.28. The number of anilines is 1. The van der Waals surface area contributed by atoms with Crippen LogP contribution in [0.15, 0.2) is 41.1 Å². The van der Waals surface area contributed by atoms with Crippen molar-refractivity contribution in [1.82, 2.24) is 29.9 Å². The lowest BCUT2D eigenvalue weighted by molar-refractivity contribution is 0.0994. The van der Waals surface area contributed by atoms with E-state index in [0.29, 0.717) is 35.1 Å². The summed E-state index contributed by atoms with van der Waals surface area (Å²) in [4.78, 5) is 25.5. The van der Waals surface area contributed by atoms with Crippen molar-refractivity contribution in [3.63, 3.8) is 0 Å². The summed E-state index contributed by atoms with van der Waals surface area (Å²) in [7, 11) is 0. The van der Waals surface area contributed by atoms with Crippen molar-refractivity contribution < 1.29 is 13.6 Å². The van der Waals surface area contributed by atoms with Gasteiger partial charge in [-0.15, -0.1) is 5.10 Å². The molecule has 6 rings (SSSR count). The fraction of sp³-hybridized carbons (Fsp3) is 0.292. The molecule has 1 aromatic carbocycles. The molecule has 10 heteroatoms. The van der Waals surface area contributed by atoms with Crippen LogP contribution in [0.2, 0.25) is 0 Å². The summed E-state index contributed by atoms with van der Waals surface area (Å²) in [5.41, 5.74) is 3.26. The van der Waals surface area contributed by atoms with Crippen molar-refractivity contribution in [2.24, 2.45) is 0 Å². The smallest absolute Gasteiger partial charge is 0.293 e. The highest BCUT2D eigenvalue weighted by Gasteiger charge is 2.28. The van der Waals surface area contributed by atoms with Gasteiger partial charge in [0.05, 0.1) is 11.3 Å². The number of aryl methyl sites for hydroxylation is 2. The maximum atomic E-state index is 14.7. The molecule has 4 aromatic rings. The summed E-state index contributed by atoms with van der Waals surface area (Å²) in [5, 5.41) is 10.8. The number of benzene rings is 1. The number of aromatic nitrogens is 5. The van der Waals surface area contributed by atoms with Gasteiger partial charge in [0.15, 0.2) is 11.7 Å². The first-order chi connectivity index (χ1) is 16.4. The Hall–Kier alpha value is -3.92. The number of hydrogen-bond donors (Lipinski definition) is 2. The molecule has 0 aliphatic carbocycles. The average Bonchev–Trinajstić information content (AvgIpc) is 3.50. The van der Waals surface area contributed by atoms with E-state index in [9.17, 15) is 9.18 Å². The van der Waals surface area contributed by atoms with Gasteiger partial charge < -0.3 is 15.1 Å². The van der Waals surface area contributed by atoms with E-state index in [0.717, 1.165) is 18.4 Å². The quantitative estimate of drug-likeness (QED) is 0.479. The monoisotopic (exact) mass is 459 g/mol. The molecule has 2 bridgehead atoms. The second-order valence-electron chi connectivity index (χ2n) is 8.76. The molecule has 0 radical (unpaired) electrons. The van der Waals surface area contributed by atoms with Crippen LogP contribution in [-0.4, -0.2) is 42.6 Å². The van der Waals surface area contributed by atoms with Crippen molar-refractivity contribution in [2.45, 2.75) is 45.2 Å². The molecule has 0 saturated carbocycles. The number of nitrogens with zero attached hydrogens (tertiary/aromatic N) is 5. The zero-order chi connectivity index (χ0) is 23.4. The van der Waals surface area contributed by atoms with E-state index >= 15 is 0 Å². The SMILES string of the molecule is Cc1nc(C)c(C(=O)Nc2ccc(F)c(-c3nc4ncc(C5=CC6CCC(C5)N6)cn4n3)c2)o1. The molecular formula is C24H22FN7O2. The second-order valence-corrected chi connectivity index (χ2v) is 8.76. The zero-order valence-electron chi connectivity index (χ0n) is 18.7. The summed E-state index contributed by atoms with van der Waals surface area (Å²) in [6, 6.07) is 5.15. The molecule has 34 heavy (non-hydrogen) atoms. The lowest BCUT2D eigenvalue weighted by atomic mass is 9.98. The van der Waals surface area contributed by atoms with E-state index in [1.165, 1.54) is 30.2 Å². The first-order valence-electron chi connectivity index (χ1n) is 11.2. The summed E-state index contributed by atoms with van der Waals surface area (Å²) in [5.74, 6) is 0.109. The van der Waals surface area contributed by atoms with Gasteiger partial charge in [-0.2, -0.15) is 4.98 Å². The fourth-order valence-corrected chi connectivity index (χ4v) is 4.70. The van der Waals surface area contributed by atoms with Crippen molar-refractivity contribution in [3.8, 4) is 11.4 Å². The normalized spacial score (nSPS) is 19.4. The van der Waals surface area contributed by atoms with E-state index in [1.54, 1.807) is 24.6 Å².